The van der Waals surface area contributed by atoms with Gasteiger partial charge in [0.25, 0.3) is 0 Å². The quantitative estimate of drug-likeness (QED) is 0.560. The SMILES string of the molecule is Cc1cc(/C=C/C(=O)N2CCN(S(=O)(=O)c3cccnc3)CC2)c(C)n1-c1ccccc1. The third-order valence-electron chi connectivity index (χ3n) is 5.71. The Hall–Kier alpha value is -3.23. The second-order valence-electron chi connectivity index (χ2n) is 7.75. The molecule has 1 aliphatic heterocycles. The van der Waals surface area contributed by atoms with E-state index in [9.17, 15) is 13.2 Å². The lowest BCUT2D eigenvalue weighted by Crippen LogP contribution is -2.50. The highest BCUT2D eigenvalue weighted by molar-refractivity contribution is 7.89. The van der Waals surface area contributed by atoms with Gasteiger partial charge in [0.05, 0.1) is 0 Å². The van der Waals surface area contributed by atoms with Crippen molar-refractivity contribution in [3.05, 3.63) is 84.0 Å². The molecule has 0 aliphatic carbocycles. The Balaban J connectivity index is 1.42. The summed E-state index contributed by atoms with van der Waals surface area (Å²) in [5.74, 6) is -0.118. The van der Waals surface area contributed by atoms with Crippen LogP contribution in [0.1, 0.15) is 17.0 Å². The van der Waals surface area contributed by atoms with Crippen molar-refractivity contribution in [2.75, 3.05) is 26.2 Å². The first-order valence-corrected chi connectivity index (χ1v) is 11.9. The number of aryl methyl sites for hydroxylation is 1. The Morgan fingerprint density at radius 3 is 2.38 bits per heavy atom. The molecule has 2 aromatic heterocycles. The van der Waals surface area contributed by atoms with Gasteiger partial charge in [0.2, 0.25) is 15.9 Å². The second-order valence-corrected chi connectivity index (χ2v) is 9.69. The number of pyridine rings is 1. The molecule has 3 heterocycles. The van der Waals surface area contributed by atoms with E-state index >= 15 is 0 Å². The smallest absolute Gasteiger partial charge is 0.246 e. The maximum atomic E-state index is 12.7. The number of aromatic nitrogens is 2. The number of carbonyl (C=O) groups is 1. The van der Waals surface area contributed by atoms with Crippen LogP contribution in [0, 0.1) is 13.8 Å². The molecule has 3 aromatic rings. The average molecular weight is 451 g/mol. The Morgan fingerprint density at radius 1 is 1.00 bits per heavy atom. The number of para-hydroxylation sites is 1. The summed E-state index contributed by atoms with van der Waals surface area (Å²) in [6, 6.07) is 15.3. The predicted molar refractivity (Wildman–Crippen MR) is 124 cm³/mol. The maximum absolute atomic E-state index is 12.7. The molecule has 0 saturated carbocycles. The number of hydrogen-bond donors (Lipinski definition) is 0. The monoisotopic (exact) mass is 450 g/mol. The molecule has 0 N–H and O–H groups in total. The van der Waals surface area contributed by atoms with Crippen molar-refractivity contribution >= 4 is 22.0 Å². The van der Waals surface area contributed by atoms with Crippen molar-refractivity contribution in [3.8, 4) is 5.69 Å². The Labute approximate surface area is 188 Å². The highest BCUT2D eigenvalue weighted by Crippen LogP contribution is 2.22. The minimum Gasteiger partial charge on any atom is -0.337 e. The molecule has 1 fully saturated rings. The molecule has 4 rings (SSSR count). The number of rotatable bonds is 5. The molecule has 8 heteroatoms. The Morgan fingerprint density at radius 2 is 1.72 bits per heavy atom. The number of benzene rings is 1. The van der Waals surface area contributed by atoms with E-state index in [0.29, 0.717) is 13.1 Å². The molecular weight excluding hydrogens is 424 g/mol. The largest absolute Gasteiger partial charge is 0.337 e. The maximum Gasteiger partial charge on any atom is 0.246 e. The lowest BCUT2D eigenvalue weighted by Gasteiger charge is -2.33. The molecule has 1 amide bonds. The predicted octanol–water partition coefficient (Wildman–Crippen LogP) is 3.04. The normalized spacial score (nSPS) is 15.4. The lowest BCUT2D eigenvalue weighted by molar-refractivity contribution is -0.127. The van der Waals surface area contributed by atoms with Gasteiger partial charge in [-0.1, -0.05) is 18.2 Å². The zero-order valence-electron chi connectivity index (χ0n) is 18.2. The van der Waals surface area contributed by atoms with Crippen LogP contribution in [0.4, 0.5) is 0 Å². The Kier molecular flexibility index (Phi) is 6.25. The van der Waals surface area contributed by atoms with Gasteiger partial charge in [-0.2, -0.15) is 4.31 Å². The van der Waals surface area contributed by atoms with E-state index in [1.807, 2.05) is 38.1 Å². The molecule has 0 atom stereocenters. The van der Waals surface area contributed by atoms with Crippen LogP contribution in [0.15, 0.2) is 71.9 Å². The summed E-state index contributed by atoms with van der Waals surface area (Å²) in [7, 11) is -3.59. The summed E-state index contributed by atoms with van der Waals surface area (Å²) in [5, 5.41) is 0. The molecule has 1 saturated heterocycles. The van der Waals surface area contributed by atoms with Crippen LogP contribution in [0.25, 0.3) is 11.8 Å². The third kappa shape index (κ3) is 4.37. The summed E-state index contributed by atoms with van der Waals surface area (Å²) in [6.45, 7) is 5.31. The van der Waals surface area contributed by atoms with Crippen molar-refractivity contribution in [2.45, 2.75) is 18.7 Å². The van der Waals surface area contributed by atoms with E-state index in [2.05, 4.69) is 27.8 Å². The van der Waals surface area contributed by atoms with Crippen LogP contribution < -0.4 is 0 Å². The molecule has 166 valence electrons. The fourth-order valence-corrected chi connectivity index (χ4v) is 5.38. The molecule has 0 spiro atoms. The van der Waals surface area contributed by atoms with Crippen molar-refractivity contribution in [2.24, 2.45) is 0 Å². The van der Waals surface area contributed by atoms with Gasteiger partial charge in [-0.15, -0.1) is 0 Å². The fourth-order valence-electron chi connectivity index (χ4n) is 3.99. The molecule has 32 heavy (non-hydrogen) atoms. The Bertz CT molecular complexity index is 1230. The highest BCUT2D eigenvalue weighted by atomic mass is 32.2. The van der Waals surface area contributed by atoms with Gasteiger partial charge in [-0.25, -0.2) is 8.42 Å². The van der Waals surface area contributed by atoms with Crippen molar-refractivity contribution in [1.29, 1.82) is 0 Å². The number of amides is 1. The lowest BCUT2D eigenvalue weighted by atomic mass is 10.2. The first kappa shape index (κ1) is 22.0. The topological polar surface area (TPSA) is 75.5 Å². The number of piperazine rings is 1. The van der Waals surface area contributed by atoms with E-state index in [1.54, 1.807) is 23.2 Å². The summed E-state index contributed by atoms with van der Waals surface area (Å²) >= 11 is 0. The summed E-state index contributed by atoms with van der Waals surface area (Å²) in [4.78, 5) is 18.5. The van der Waals surface area contributed by atoms with Gasteiger partial charge >= 0.3 is 0 Å². The molecule has 0 bridgehead atoms. The fraction of sp³-hybridized carbons (Fsp3) is 0.250. The van der Waals surface area contributed by atoms with Gasteiger partial charge in [-0.05, 0) is 55.8 Å². The van der Waals surface area contributed by atoms with Gasteiger partial charge in [0.15, 0.2) is 0 Å². The summed E-state index contributed by atoms with van der Waals surface area (Å²) < 4.78 is 29.0. The molecule has 0 unspecified atom stereocenters. The molecule has 7 nitrogen and oxygen atoms in total. The summed E-state index contributed by atoms with van der Waals surface area (Å²) in [6.07, 6.45) is 6.30. The summed E-state index contributed by atoms with van der Waals surface area (Å²) in [5.41, 5.74) is 4.22. The van der Waals surface area contributed by atoms with Crippen LogP contribution in [0.5, 0.6) is 0 Å². The van der Waals surface area contributed by atoms with Crippen LogP contribution in [0.3, 0.4) is 0 Å². The highest BCUT2D eigenvalue weighted by Gasteiger charge is 2.29. The van der Waals surface area contributed by atoms with Gasteiger partial charge in [-0.3, -0.25) is 9.78 Å². The van der Waals surface area contributed by atoms with Crippen LogP contribution in [-0.4, -0.2) is 59.3 Å². The van der Waals surface area contributed by atoms with Gasteiger partial charge in [0.1, 0.15) is 4.90 Å². The van der Waals surface area contributed by atoms with Crippen molar-refractivity contribution < 1.29 is 13.2 Å². The first-order chi connectivity index (χ1) is 15.4. The number of sulfonamides is 1. The number of carbonyl (C=O) groups excluding carboxylic acids is 1. The molecule has 1 aromatic carbocycles. The van der Waals surface area contributed by atoms with E-state index in [1.165, 1.54) is 16.6 Å². The van der Waals surface area contributed by atoms with E-state index < -0.39 is 10.0 Å². The minimum atomic E-state index is -3.59. The van der Waals surface area contributed by atoms with E-state index in [0.717, 1.165) is 22.6 Å². The third-order valence-corrected chi connectivity index (χ3v) is 7.59. The zero-order chi connectivity index (χ0) is 22.7. The van der Waals surface area contributed by atoms with Crippen molar-refractivity contribution in [1.82, 2.24) is 18.8 Å². The first-order valence-electron chi connectivity index (χ1n) is 10.5. The van der Waals surface area contributed by atoms with Crippen molar-refractivity contribution in [3.63, 3.8) is 0 Å². The average Bonchev–Trinajstić information content (AvgIpc) is 3.11. The van der Waals surface area contributed by atoms with Crippen LogP contribution >= 0.6 is 0 Å². The number of hydrogen-bond acceptors (Lipinski definition) is 4. The minimum absolute atomic E-state index is 0.118. The van der Waals surface area contributed by atoms with Crippen LogP contribution in [-0.2, 0) is 14.8 Å². The zero-order valence-corrected chi connectivity index (χ0v) is 19.0. The van der Waals surface area contributed by atoms with Crippen LogP contribution in [0.2, 0.25) is 0 Å². The van der Waals surface area contributed by atoms with E-state index in [4.69, 9.17) is 0 Å². The standard InChI is InChI=1S/C24H26N4O3S/c1-19-17-21(20(2)28(19)22-7-4-3-5-8-22)10-11-24(29)26-13-15-27(16-14-26)32(30,31)23-9-6-12-25-18-23/h3-12,17-18H,13-16H2,1-2H3/b11-10+. The van der Waals surface area contributed by atoms with Gasteiger partial charge < -0.3 is 9.47 Å². The van der Waals surface area contributed by atoms with Gasteiger partial charge in [0, 0.05) is 61.7 Å². The van der Waals surface area contributed by atoms with E-state index in [-0.39, 0.29) is 23.9 Å². The molecular formula is C24H26N4O3S. The molecule has 0 radical (unpaired) electrons. The number of nitrogens with zero attached hydrogens (tertiary/aromatic N) is 4. The molecule has 1 aliphatic rings. The second kappa shape index (κ2) is 9.10.